The van der Waals surface area contributed by atoms with E-state index in [0.717, 1.165) is 3.79 Å². The van der Waals surface area contributed by atoms with E-state index in [1.54, 1.807) is 12.1 Å². The van der Waals surface area contributed by atoms with E-state index in [1.807, 2.05) is 0 Å². The average Bonchev–Trinajstić information content (AvgIpc) is 2.71. The third-order valence-corrected chi connectivity index (χ3v) is 3.39. The maximum Gasteiger partial charge on any atom is 0.330 e. The molecule has 0 saturated heterocycles. The molecule has 0 aromatic carbocycles. The van der Waals surface area contributed by atoms with Gasteiger partial charge in [-0.3, -0.25) is 4.79 Å². The van der Waals surface area contributed by atoms with Crippen LogP contribution in [0.3, 0.4) is 0 Å². The van der Waals surface area contributed by atoms with Gasteiger partial charge in [0.25, 0.3) is 5.91 Å². The molecule has 0 aliphatic heterocycles. The van der Waals surface area contributed by atoms with Crippen molar-refractivity contribution in [2.75, 3.05) is 13.7 Å². The Morgan fingerprint density at radius 2 is 2.31 bits per heavy atom. The molecule has 88 valence electrons. The first kappa shape index (κ1) is 13.1. The number of carbonyl (C=O) groups excluding carboxylic acids is 2. The number of methoxy groups -OCH3 is 1. The average molecular weight is 308 g/mol. The Morgan fingerprint density at radius 1 is 1.62 bits per heavy atom. The van der Waals surface area contributed by atoms with E-state index in [2.05, 4.69) is 26.0 Å². The Balaban J connectivity index is 2.66. The maximum absolute atomic E-state index is 11.6. The number of ether oxygens (including phenoxy) is 1. The maximum atomic E-state index is 11.6. The first-order valence-corrected chi connectivity index (χ1v) is 5.94. The first-order valence-electron chi connectivity index (χ1n) is 4.33. The van der Waals surface area contributed by atoms with Crippen molar-refractivity contribution in [2.24, 2.45) is 0 Å². The summed E-state index contributed by atoms with van der Waals surface area (Å²) in [7, 11) is 1.19. The van der Waals surface area contributed by atoms with Crippen LogP contribution in [0.5, 0.6) is 0 Å². The molecule has 1 aromatic heterocycles. The molecule has 0 radical (unpaired) electrons. The fourth-order valence-electron chi connectivity index (χ4n) is 0.987. The first-order chi connectivity index (χ1) is 7.58. The normalized spacial score (nSPS) is 11.9. The van der Waals surface area contributed by atoms with Crippen LogP contribution in [0.2, 0.25) is 0 Å². The second-order valence-electron chi connectivity index (χ2n) is 2.84. The number of thiophene rings is 1. The van der Waals surface area contributed by atoms with Gasteiger partial charge in [0, 0.05) is 0 Å². The van der Waals surface area contributed by atoms with Crippen LogP contribution in [-0.2, 0) is 9.53 Å². The second-order valence-corrected chi connectivity index (χ2v) is 5.30. The summed E-state index contributed by atoms with van der Waals surface area (Å²) in [5.74, 6) is -1.09. The van der Waals surface area contributed by atoms with Crippen molar-refractivity contribution in [3.05, 3.63) is 20.8 Å². The molecule has 1 unspecified atom stereocenters. The summed E-state index contributed by atoms with van der Waals surface area (Å²) in [4.78, 5) is 23.2. The molecule has 1 rings (SSSR count). The molecule has 1 atom stereocenters. The zero-order chi connectivity index (χ0) is 12.1. The summed E-state index contributed by atoms with van der Waals surface area (Å²) in [5, 5.41) is 11.3. The molecule has 0 fully saturated rings. The zero-order valence-electron chi connectivity index (χ0n) is 8.40. The van der Waals surface area contributed by atoms with Crippen LogP contribution in [0, 0.1) is 0 Å². The Hall–Kier alpha value is -0.920. The van der Waals surface area contributed by atoms with Crippen LogP contribution in [0.25, 0.3) is 0 Å². The minimum Gasteiger partial charge on any atom is -0.467 e. The molecular weight excluding hydrogens is 298 g/mol. The van der Waals surface area contributed by atoms with Crippen LogP contribution >= 0.6 is 27.3 Å². The number of carbonyl (C=O) groups is 2. The lowest BCUT2D eigenvalue weighted by Gasteiger charge is -2.12. The lowest BCUT2D eigenvalue weighted by molar-refractivity contribution is -0.143. The molecule has 1 amide bonds. The van der Waals surface area contributed by atoms with E-state index in [1.165, 1.54) is 18.4 Å². The fourth-order valence-corrected chi connectivity index (χ4v) is 2.28. The number of nitrogens with one attached hydrogen (secondary N) is 1. The van der Waals surface area contributed by atoms with Crippen molar-refractivity contribution in [3.63, 3.8) is 0 Å². The van der Waals surface area contributed by atoms with Gasteiger partial charge in [0.05, 0.1) is 22.4 Å². The number of aliphatic hydroxyl groups excluding tert-OH is 1. The predicted molar refractivity (Wildman–Crippen MR) is 62.4 cm³/mol. The standard InChI is InChI=1S/C9H10BrNO4S/c1-15-9(14)5(4-12)11-8(13)6-2-3-7(10)16-6/h2-3,5,12H,4H2,1H3,(H,11,13). The van der Waals surface area contributed by atoms with E-state index in [0.29, 0.717) is 4.88 Å². The van der Waals surface area contributed by atoms with Crippen molar-refractivity contribution in [2.45, 2.75) is 6.04 Å². The predicted octanol–water partition coefficient (Wildman–Crippen LogP) is 0.774. The minimum absolute atomic E-state index is 0.417. The summed E-state index contributed by atoms with van der Waals surface area (Å²) in [6, 6.07) is 2.32. The summed E-state index contributed by atoms with van der Waals surface area (Å²) < 4.78 is 5.24. The molecule has 0 aliphatic rings. The molecule has 0 spiro atoms. The van der Waals surface area contributed by atoms with E-state index in [-0.39, 0.29) is 0 Å². The lowest BCUT2D eigenvalue weighted by Crippen LogP contribution is -2.43. The van der Waals surface area contributed by atoms with Gasteiger partial charge in [-0.15, -0.1) is 11.3 Å². The van der Waals surface area contributed by atoms with Crippen LogP contribution in [0.1, 0.15) is 9.67 Å². The van der Waals surface area contributed by atoms with Gasteiger partial charge in [-0.2, -0.15) is 0 Å². The largest absolute Gasteiger partial charge is 0.467 e. The smallest absolute Gasteiger partial charge is 0.330 e. The molecule has 16 heavy (non-hydrogen) atoms. The van der Waals surface area contributed by atoms with Crippen LogP contribution in [0.4, 0.5) is 0 Å². The van der Waals surface area contributed by atoms with Crippen molar-refractivity contribution < 1.29 is 19.4 Å². The SMILES string of the molecule is COC(=O)C(CO)NC(=O)c1ccc(Br)s1. The fraction of sp³-hybridized carbons (Fsp3) is 0.333. The van der Waals surface area contributed by atoms with Gasteiger partial charge in [0.15, 0.2) is 6.04 Å². The van der Waals surface area contributed by atoms with Crippen LogP contribution < -0.4 is 5.32 Å². The summed E-state index contributed by atoms with van der Waals surface area (Å²) >= 11 is 4.46. The van der Waals surface area contributed by atoms with Gasteiger partial charge >= 0.3 is 5.97 Å². The lowest BCUT2D eigenvalue weighted by atomic mass is 10.3. The quantitative estimate of drug-likeness (QED) is 0.806. The topological polar surface area (TPSA) is 75.6 Å². The molecule has 7 heteroatoms. The van der Waals surface area contributed by atoms with Gasteiger partial charge in [0.1, 0.15) is 0 Å². The highest BCUT2D eigenvalue weighted by Crippen LogP contribution is 2.21. The second kappa shape index (κ2) is 5.97. The number of halogens is 1. The highest BCUT2D eigenvalue weighted by molar-refractivity contribution is 9.11. The Morgan fingerprint density at radius 3 is 2.75 bits per heavy atom. The number of rotatable bonds is 4. The van der Waals surface area contributed by atoms with E-state index in [9.17, 15) is 9.59 Å². The van der Waals surface area contributed by atoms with Crippen LogP contribution in [-0.4, -0.2) is 36.7 Å². The number of aliphatic hydroxyl groups is 1. The van der Waals surface area contributed by atoms with Gasteiger partial charge in [-0.25, -0.2) is 4.79 Å². The summed E-state index contributed by atoms with van der Waals surface area (Å²) in [5.41, 5.74) is 0. The molecule has 0 bridgehead atoms. The molecule has 0 saturated carbocycles. The molecule has 1 heterocycles. The summed E-state index contributed by atoms with van der Waals surface area (Å²) in [6.45, 7) is -0.495. The van der Waals surface area contributed by atoms with Gasteiger partial charge in [0.2, 0.25) is 0 Å². The number of esters is 1. The van der Waals surface area contributed by atoms with Gasteiger partial charge < -0.3 is 15.2 Å². The number of hydrogen-bond donors (Lipinski definition) is 2. The third-order valence-electron chi connectivity index (χ3n) is 1.77. The Kier molecular flexibility index (Phi) is 4.91. The van der Waals surface area contributed by atoms with Crippen molar-refractivity contribution in [1.82, 2.24) is 5.32 Å². The van der Waals surface area contributed by atoms with Crippen molar-refractivity contribution >= 4 is 39.1 Å². The highest BCUT2D eigenvalue weighted by atomic mass is 79.9. The molecular formula is C9H10BrNO4S. The Bertz CT molecular complexity index is 393. The van der Waals surface area contributed by atoms with Crippen LogP contribution in [0.15, 0.2) is 15.9 Å². The summed E-state index contributed by atoms with van der Waals surface area (Å²) in [6.07, 6.45) is 0. The Labute approximate surface area is 105 Å². The highest BCUT2D eigenvalue weighted by Gasteiger charge is 2.21. The van der Waals surface area contributed by atoms with E-state index in [4.69, 9.17) is 5.11 Å². The van der Waals surface area contributed by atoms with Crippen molar-refractivity contribution in [3.8, 4) is 0 Å². The molecule has 2 N–H and O–H groups in total. The molecule has 5 nitrogen and oxygen atoms in total. The number of hydrogen-bond acceptors (Lipinski definition) is 5. The monoisotopic (exact) mass is 307 g/mol. The van der Waals surface area contributed by atoms with E-state index >= 15 is 0 Å². The van der Waals surface area contributed by atoms with E-state index < -0.39 is 24.5 Å². The van der Waals surface area contributed by atoms with Gasteiger partial charge in [-0.05, 0) is 28.1 Å². The zero-order valence-corrected chi connectivity index (χ0v) is 10.8. The molecule has 0 aliphatic carbocycles. The minimum atomic E-state index is -1.03. The number of amides is 1. The van der Waals surface area contributed by atoms with Gasteiger partial charge in [-0.1, -0.05) is 0 Å². The third kappa shape index (κ3) is 3.29. The molecule has 1 aromatic rings. The van der Waals surface area contributed by atoms with Crippen molar-refractivity contribution in [1.29, 1.82) is 0 Å².